The summed E-state index contributed by atoms with van der Waals surface area (Å²) in [6.45, 7) is 0. The molecule has 0 heterocycles. The molecule has 0 aliphatic carbocycles. The van der Waals surface area contributed by atoms with E-state index >= 15 is 0 Å². The molecular weight excluding hydrogens is 536 g/mol. The van der Waals surface area contributed by atoms with Gasteiger partial charge in [-0.15, -0.1) is 8.07 Å². The summed E-state index contributed by atoms with van der Waals surface area (Å²) in [5, 5.41) is 34.4. The fourth-order valence-electron chi connectivity index (χ4n) is 3.41. The van der Waals surface area contributed by atoms with Gasteiger partial charge in [0.2, 0.25) is 0 Å². The molecule has 36 heavy (non-hydrogen) atoms. The van der Waals surface area contributed by atoms with Gasteiger partial charge in [0, 0.05) is 15.4 Å². The van der Waals surface area contributed by atoms with Crippen LogP contribution >= 0.6 is 49.3 Å². The normalized spacial score (nSPS) is 11.4. The van der Waals surface area contributed by atoms with Crippen LogP contribution in [0.2, 0.25) is 0 Å². The Bertz CT molecular complexity index is 1280. The van der Waals surface area contributed by atoms with Gasteiger partial charge in [0.15, 0.2) is 0 Å². The standard InChI is InChI=1S/C28H20N3P2S3/c29-21-34-28(32(23-13-5-1-6-14-23)24-15-7-2-8-16-24)27(36-35-22-30)31-33(25-17-9-3-10-18-25)26-19-11-4-12-20-26/h1-20H/q-1/b28-27-. The highest BCUT2D eigenvalue weighted by atomic mass is 33.1. The maximum atomic E-state index is 9.89. The predicted octanol–water partition coefficient (Wildman–Crippen LogP) is 7.74. The Hall–Kier alpha value is -2.69. The first kappa shape index (κ1) is 26.4. The molecule has 0 saturated carbocycles. The minimum atomic E-state index is -1.10. The van der Waals surface area contributed by atoms with Crippen LogP contribution in [-0.4, -0.2) is 0 Å². The summed E-state index contributed by atoms with van der Waals surface area (Å²) in [4.78, 5) is 0. The van der Waals surface area contributed by atoms with Gasteiger partial charge in [-0.1, -0.05) is 137 Å². The van der Waals surface area contributed by atoms with Crippen molar-refractivity contribution in [3.8, 4) is 10.8 Å². The third-order valence-electron chi connectivity index (χ3n) is 4.91. The van der Waals surface area contributed by atoms with Crippen LogP contribution in [0, 0.1) is 21.3 Å². The van der Waals surface area contributed by atoms with Crippen molar-refractivity contribution in [2.75, 3.05) is 0 Å². The van der Waals surface area contributed by atoms with Crippen molar-refractivity contribution in [2.24, 2.45) is 0 Å². The van der Waals surface area contributed by atoms with E-state index in [9.17, 15) is 10.5 Å². The summed E-state index contributed by atoms with van der Waals surface area (Å²) >= 11 is 1.15. The highest BCUT2D eigenvalue weighted by Crippen LogP contribution is 2.59. The molecule has 0 amide bonds. The third kappa shape index (κ3) is 6.96. The summed E-state index contributed by atoms with van der Waals surface area (Å²) in [7, 11) is 0.260. The summed E-state index contributed by atoms with van der Waals surface area (Å²) in [6, 6.07) is 41.0. The van der Waals surface area contributed by atoms with E-state index in [1.807, 2.05) is 72.8 Å². The van der Waals surface area contributed by atoms with E-state index in [2.05, 4.69) is 59.3 Å². The summed E-state index contributed by atoms with van der Waals surface area (Å²) in [5.41, 5.74) is 0. The quantitative estimate of drug-likeness (QED) is 0.114. The van der Waals surface area contributed by atoms with E-state index in [0.29, 0.717) is 0 Å². The Morgan fingerprint density at radius 2 is 1.00 bits per heavy atom. The number of thioether (sulfide) groups is 1. The molecule has 0 fully saturated rings. The Kier molecular flexibility index (Phi) is 10.4. The Morgan fingerprint density at radius 1 is 0.583 bits per heavy atom. The molecule has 3 nitrogen and oxygen atoms in total. The minimum absolute atomic E-state index is 0.728. The van der Waals surface area contributed by atoms with Crippen molar-refractivity contribution in [1.82, 2.24) is 0 Å². The molecule has 0 bridgehead atoms. The van der Waals surface area contributed by atoms with Crippen LogP contribution in [0.25, 0.3) is 5.09 Å². The van der Waals surface area contributed by atoms with Gasteiger partial charge in [0.25, 0.3) is 0 Å². The van der Waals surface area contributed by atoms with Gasteiger partial charge >= 0.3 is 0 Å². The third-order valence-corrected chi connectivity index (χ3v) is 12.4. The molecule has 8 heteroatoms. The molecule has 0 saturated heterocycles. The van der Waals surface area contributed by atoms with Crippen LogP contribution in [0.1, 0.15) is 0 Å². The molecule has 4 rings (SSSR count). The second kappa shape index (κ2) is 14.2. The molecular formula is C28H20N3P2S3-. The number of nitrogens with zero attached hydrogens (tertiary/aromatic N) is 3. The van der Waals surface area contributed by atoms with Crippen LogP contribution in [0.5, 0.6) is 0 Å². The average Bonchev–Trinajstić information content (AvgIpc) is 2.95. The van der Waals surface area contributed by atoms with Gasteiger partial charge in [0.05, 0.1) is 0 Å². The second-order valence-electron chi connectivity index (χ2n) is 7.15. The Balaban J connectivity index is 1.90. The van der Waals surface area contributed by atoms with Gasteiger partial charge in [-0.3, -0.25) is 0 Å². The summed E-state index contributed by atoms with van der Waals surface area (Å²) in [5.74, 6) is 0. The molecule has 0 spiro atoms. The maximum Gasteiger partial charge on any atom is 0.145 e. The lowest BCUT2D eigenvalue weighted by atomic mass is 10.4. The Morgan fingerprint density at radius 3 is 1.39 bits per heavy atom. The van der Waals surface area contributed by atoms with Crippen molar-refractivity contribution in [3.63, 3.8) is 0 Å². The zero-order valence-electron chi connectivity index (χ0n) is 19.0. The minimum Gasteiger partial charge on any atom is -0.645 e. The van der Waals surface area contributed by atoms with Crippen molar-refractivity contribution in [1.29, 1.82) is 10.5 Å². The predicted molar refractivity (Wildman–Crippen MR) is 163 cm³/mol. The van der Waals surface area contributed by atoms with E-state index in [4.69, 9.17) is 5.09 Å². The van der Waals surface area contributed by atoms with Crippen molar-refractivity contribution >= 4 is 70.6 Å². The zero-order valence-corrected chi connectivity index (χ0v) is 23.2. The first-order chi connectivity index (χ1) is 17.8. The smallest absolute Gasteiger partial charge is 0.145 e. The average molecular weight is 557 g/mol. The zero-order chi connectivity index (χ0) is 25.0. The van der Waals surface area contributed by atoms with Crippen molar-refractivity contribution in [3.05, 3.63) is 136 Å². The first-order valence-electron chi connectivity index (χ1n) is 10.9. The van der Waals surface area contributed by atoms with Gasteiger partial charge in [-0.05, 0) is 40.9 Å². The lowest BCUT2D eigenvalue weighted by molar-refractivity contribution is 1.57. The van der Waals surface area contributed by atoms with Crippen molar-refractivity contribution in [2.45, 2.75) is 0 Å². The van der Waals surface area contributed by atoms with E-state index in [1.165, 1.54) is 10.8 Å². The topological polar surface area (TPSA) is 61.7 Å². The molecule has 0 aromatic heterocycles. The molecule has 0 aliphatic heterocycles. The lowest BCUT2D eigenvalue weighted by Crippen LogP contribution is -2.13. The largest absolute Gasteiger partial charge is 0.645 e. The number of benzene rings is 4. The molecule has 176 valence electrons. The molecule has 0 atom stereocenters. The fraction of sp³-hybridized carbons (Fsp3) is 0. The highest BCUT2D eigenvalue weighted by molar-refractivity contribution is 8.80. The van der Waals surface area contributed by atoms with Gasteiger partial charge < -0.3 is 5.09 Å². The van der Waals surface area contributed by atoms with Crippen LogP contribution in [0.4, 0.5) is 0 Å². The summed E-state index contributed by atoms with van der Waals surface area (Å²) in [6.07, 6.45) is 0. The number of hydrogen-bond donors (Lipinski definition) is 0. The molecule has 0 aliphatic rings. The molecule has 4 aromatic rings. The number of rotatable bonds is 10. The number of thiocyanates is 2. The van der Waals surface area contributed by atoms with E-state index in [-0.39, 0.29) is 0 Å². The first-order valence-corrected chi connectivity index (χ1v) is 16.5. The Labute approximate surface area is 227 Å². The van der Waals surface area contributed by atoms with Gasteiger partial charge in [-0.2, -0.15) is 10.5 Å². The lowest BCUT2D eigenvalue weighted by Gasteiger charge is -2.38. The van der Waals surface area contributed by atoms with Crippen LogP contribution in [0.15, 0.2) is 131 Å². The van der Waals surface area contributed by atoms with Crippen LogP contribution in [-0.2, 0) is 0 Å². The summed E-state index contributed by atoms with van der Waals surface area (Å²) < 4.78 is 0.886. The van der Waals surface area contributed by atoms with Gasteiger partial charge in [0.1, 0.15) is 10.8 Å². The van der Waals surface area contributed by atoms with Crippen molar-refractivity contribution < 1.29 is 0 Å². The second-order valence-corrected chi connectivity index (χ2v) is 14.2. The fourth-order valence-corrected chi connectivity index (χ4v) is 11.0. The van der Waals surface area contributed by atoms with Gasteiger partial charge in [-0.25, -0.2) is 0 Å². The number of hydrogen-bond acceptors (Lipinski definition) is 5. The SMILES string of the molecule is N#CSS/C([N-]P(c1ccccc1)c1ccccc1)=C(\SC#N)P(c1ccccc1)c1ccccc1. The molecule has 0 unspecified atom stereocenters. The molecule has 0 radical (unpaired) electrons. The monoisotopic (exact) mass is 556 g/mol. The maximum absolute atomic E-state index is 9.89. The van der Waals surface area contributed by atoms with Crippen LogP contribution < -0.4 is 21.2 Å². The molecule has 0 N–H and O–H groups in total. The number of nitriles is 2. The van der Waals surface area contributed by atoms with E-state index in [1.54, 1.807) is 0 Å². The highest BCUT2D eigenvalue weighted by Gasteiger charge is 2.22. The van der Waals surface area contributed by atoms with E-state index < -0.39 is 16.0 Å². The van der Waals surface area contributed by atoms with Crippen LogP contribution in [0.3, 0.4) is 0 Å². The van der Waals surface area contributed by atoms with E-state index in [0.717, 1.165) is 53.4 Å². The molecule has 4 aromatic carbocycles.